The lowest BCUT2D eigenvalue weighted by molar-refractivity contribution is -0.148. The Morgan fingerprint density at radius 1 is 1.07 bits per heavy atom. The number of rotatable bonds is 7. The fourth-order valence-corrected chi connectivity index (χ4v) is 3.52. The zero-order valence-corrected chi connectivity index (χ0v) is 16.8. The van der Waals surface area contributed by atoms with Crippen LogP contribution in [-0.2, 0) is 17.6 Å². The van der Waals surface area contributed by atoms with Crippen molar-refractivity contribution in [3.8, 4) is 22.6 Å². The van der Waals surface area contributed by atoms with Gasteiger partial charge in [0.2, 0.25) is 0 Å². The van der Waals surface area contributed by atoms with Crippen molar-refractivity contribution in [1.29, 1.82) is 0 Å². The Hall–Kier alpha value is -2.82. The number of fused-ring (bicyclic) bond motifs is 1. The summed E-state index contributed by atoms with van der Waals surface area (Å²) in [5.41, 5.74) is 3.47. The van der Waals surface area contributed by atoms with E-state index in [1.807, 2.05) is 37.3 Å². The molecule has 0 bridgehead atoms. The highest BCUT2D eigenvalue weighted by molar-refractivity contribution is 6.02. The van der Waals surface area contributed by atoms with E-state index in [0.29, 0.717) is 24.3 Å². The predicted octanol–water partition coefficient (Wildman–Crippen LogP) is 4.54. The second-order valence-electron chi connectivity index (χ2n) is 7.72. The van der Waals surface area contributed by atoms with Crippen molar-refractivity contribution in [2.24, 2.45) is 5.41 Å². The van der Waals surface area contributed by atoms with Gasteiger partial charge < -0.3 is 14.6 Å². The van der Waals surface area contributed by atoms with Crippen molar-refractivity contribution >= 4 is 11.8 Å². The molecule has 2 aromatic carbocycles. The summed E-state index contributed by atoms with van der Waals surface area (Å²) in [7, 11) is 1.59. The number of carboxylic acid groups (broad SMARTS) is 1. The van der Waals surface area contributed by atoms with Crippen LogP contribution < -0.4 is 9.47 Å². The molecule has 0 aliphatic heterocycles. The number of ketones is 1. The molecule has 0 saturated carbocycles. The SMILES string of the molecule is CCc1ccc(-c2cccc3c2CCC3=O)c(OCC(C)(C)C(=O)O)c1OC. The van der Waals surface area contributed by atoms with Crippen molar-refractivity contribution in [1.82, 2.24) is 0 Å². The summed E-state index contributed by atoms with van der Waals surface area (Å²) in [5, 5.41) is 9.44. The normalized spacial score (nSPS) is 13.4. The van der Waals surface area contributed by atoms with Gasteiger partial charge in [0.05, 0.1) is 12.5 Å². The predicted molar refractivity (Wildman–Crippen MR) is 107 cm³/mol. The van der Waals surface area contributed by atoms with Crippen molar-refractivity contribution in [3.05, 3.63) is 47.0 Å². The summed E-state index contributed by atoms with van der Waals surface area (Å²) in [6.45, 7) is 5.29. The van der Waals surface area contributed by atoms with Gasteiger partial charge in [-0.15, -0.1) is 0 Å². The second kappa shape index (κ2) is 7.66. The molecule has 0 unspecified atom stereocenters. The molecule has 0 radical (unpaired) electrons. The molecule has 148 valence electrons. The van der Waals surface area contributed by atoms with Crippen LogP contribution in [0.25, 0.3) is 11.1 Å². The molecular formula is C23H26O5. The van der Waals surface area contributed by atoms with Gasteiger partial charge in [-0.25, -0.2) is 0 Å². The molecule has 1 aliphatic carbocycles. The molecule has 0 aromatic heterocycles. The number of Topliss-reactive ketones (excluding diaryl/α,β-unsaturated/α-hetero) is 1. The zero-order chi connectivity index (χ0) is 20.5. The number of aryl methyl sites for hydroxylation is 1. The van der Waals surface area contributed by atoms with E-state index in [4.69, 9.17) is 9.47 Å². The number of hydrogen-bond acceptors (Lipinski definition) is 4. The Labute approximate surface area is 165 Å². The molecule has 0 atom stereocenters. The molecule has 5 heteroatoms. The van der Waals surface area contributed by atoms with Gasteiger partial charge in [0.15, 0.2) is 17.3 Å². The van der Waals surface area contributed by atoms with Crippen LogP contribution >= 0.6 is 0 Å². The fourth-order valence-electron chi connectivity index (χ4n) is 3.52. The van der Waals surface area contributed by atoms with Gasteiger partial charge in [-0.05, 0) is 43.4 Å². The maximum absolute atomic E-state index is 12.2. The first-order valence-corrected chi connectivity index (χ1v) is 9.51. The van der Waals surface area contributed by atoms with Crippen LogP contribution in [0.3, 0.4) is 0 Å². The number of methoxy groups -OCH3 is 1. The van der Waals surface area contributed by atoms with Gasteiger partial charge in [0.1, 0.15) is 6.61 Å². The molecule has 3 rings (SSSR count). The summed E-state index contributed by atoms with van der Waals surface area (Å²) in [6, 6.07) is 9.69. The Kier molecular flexibility index (Phi) is 5.45. The van der Waals surface area contributed by atoms with Crippen molar-refractivity contribution in [2.45, 2.75) is 40.0 Å². The average Bonchev–Trinajstić information content (AvgIpc) is 3.06. The molecule has 1 N–H and O–H groups in total. The monoisotopic (exact) mass is 382 g/mol. The largest absolute Gasteiger partial charge is 0.493 e. The Bertz CT molecular complexity index is 927. The average molecular weight is 382 g/mol. The third kappa shape index (κ3) is 3.49. The van der Waals surface area contributed by atoms with Crippen molar-refractivity contribution in [3.63, 3.8) is 0 Å². The molecule has 2 aromatic rings. The first-order valence-electron chi connectivity index (χ1n) is 9.51. The standard InChI is InChI=1S/C23H26O5/c1-5-14-9-10-18(15-7-6-8-17-16(15)11-12-19(17)24)21(20(14)27-4)28-13-23(2,3)22(25)26/h6-10H,5,11-13H2,1-4H3,(H,25,26). The van der Waals surface area contributed by atoms with Crippen LogP contribution in [0.2, 0.25) is 0 Å². The Balaban J connectivity index is 2.15. The van der Waals surface area contributed by atoms with Crippen LogP contribution in [0, 0.1) is 5.41 Å². The quantitative estimate of drug-likeness (QED) is 0.761. The molecular weight excluding hydrogens is 356 g/mol. The molecule has 1 aliphatic rings. The van der Waals surface area contributed by atoms with Crippen LogP contribution in [-0.4, -0.2) is 30.6 Å². The van der Waals surface area contributed by atoms with Crippen LogP contribution in [0.4, 0.5) is 0 Å². The van der Waals surface area contributed by atoms with E-state index in [-0.39, 0.29) is 12.4 Å². The van der Waals surface area contributed by atoms with Gasteiger partial charge in [0.25, 0.3) is 0 Å². The topological polar surface area (TPSA) is 72.8 Å². The Morgan fingerprint density at radius 3 is 2.43 bits per heavy atom. The molecule has 5 nitrogen and oxygen atoms in total. The zero-order valence-electron chi connectivity index (χ0n) is 16.8. The number of carboxylic acids is 1. The van der Waals surface area contributed by atoms with Crippen LogP contribution in [0.15, 0.2) is 30.3 Å². The molecule has 0 saturated heterocycles. The molecule has 0 amide bonds. The van der Waals surface area contributed by atoms with Crippen molar-refractivity contribution < 1.29 is 24.2 Å². The minimum absolute atomic E-state index is 0.00676. The van der Waals surface area contributed by atoms with Crippen molar-refractivity contribution in [2.75, 3.05) is 13.7 Å². The molecule has 0 spiro atoms. The minimum Gasteiger partial charge on any atom is -0.493 e. The van der Waals surface area contributed by atoms with E-state index < -0.39 is 11.4 Å². The summed E-state index contributed by atoms with van der Waals surface area (Å²) >= 11 is 0. The first-order chi connectivity index (χ1) is 13.3. The lowest BCUT2D eigenvalue weighted by Crippen LogP contribution is -2.30. The smallest absolute Gasteiger partial charge is 0.312 e. The van der Waals surface area contributed by atoms with E-state index in [1.54, 1.807) is 21.0 Å². The van der Waals surface area contributed by atoms with Gasteiger partial charge >= 0.3 is 5.97 Å². The van der Waals surface area contributed by atoms with E-state index in [9.17, 15) is 14.7 Å². The summed E-state index contributed by atoms with van der Waals surface area (Å²) in [5.74, 6) is 0.376. The van der Waals surface area contributed by atoms with Gasteiger partial charge in [0, 0.05) is 17.5 Å². The number of hydrogen-bond donors (Lipinski definition) is 1. The summed E-state index contributed by atoms with van der Waals surface area (Å²) in [4.78, 5) is 23.7. The van der Waals surface area contributed by atoms with Crippen LogP contribution in [0.1, 0.15) is 48.7 Å². The molecule has 0 heterocycles. The number of benzene rings is 2. The lowest BCUT2D eigenvalue weighted by Gasteiger charge is -2.24. The number of carbonyl (C=O) groups excluding carboxylic acids is 1. The van der Waals surface area contributed by atoms with E-state index in [2.05, 4.69) is 0 Å². The minimum atomic E-state index is -1.04. The fraction of sp³-hybridized carbons (Fsp3) is 0.391. The second-order valence-corrected chi connectivity index (χ2v) is 7.72. The van der Waals surface area contributed by atoms with E-state index in [0.717, 1.165) is 34.2 Å². The number of aliphatic carboxylic acids is 1. The maximum atomic E-state index is 12.2. The third-order valence-corrected chi connectivity index (χ3v) is 5.30. The first kappa shape index (κ1) is 19.9. The van der Waals surface area contributed by atoms with E-state index >= 15 is 0 Å². The van der Waals surface area contributed by atoms with Gasteiger partial charge in [-0.2, -0.15) is 0 Å². The lowest BCUT2D eigenvalue weighted by atomic mass is 9.93. The highest BCUT2D eigenvalue weighted by Gasteiger charge is 2.30. The highest BCUT2D eigenvalue weighted by Crippen LogP contribution is 2.44. The molecule has 0 fully saturated rings. The summed E-state index contributed by atoms with van der Waals surface area (Å²) in [6.07, 6.45) is 1.97. The van der Waals surface area contributed by atoms with E-state index in [1.165, 1.54) is 0 Å². The highest BCUT2D eigenvalue weighted by atomic mass is 16.5. The third-order valence-electron chi connectivity index (χ3n) is 5.30. The number of carbonyl (C=O) groups is 2. The Morgan fingerprint density at radius 2 is 1.79 bits per heavy atom. The number of ether oxygens (including phenoxy) is 2. The summed E-state index contributed by atoms with van der Waals surface area (Å²) < 4.78 is 11.7. The van der Waals surface area contributed by atoms with Crippen LogP contribution in [0.5, 0.6) is 11.5 Å². The van der Waals surface area contributed by atoms with Gasteiger partial charge in [-0.3, -0.25) is 9.59 Å². The maximum Gasteiger partial charge on any atom is 0.312 e. The molecule has 28 heavy (non-hydrogen) atoms. The van der Waals surface area contributed by atoms with Gasteiger partial charge in [-0.1, -0.05) is 37.3 Å².